The molecular weight excluding hydrogens is 330 g/mol. The molecule has 6 nitrogen and oxygen atoms in total. The summed E-state index contributed by atoms with van der Waals surface area (Å²) < 4.78 is 17.1. The molecule has 0 aliphatic carbocycles. The first-order valence-corrected chi connectivity index (χ1v) is 9.47. The molecule has 1 atom stereocenters. The monoisotopic (exact) mass is 363 g/mol. The van der Waals surface area contributed by atoms with Crippen molar-refractivity contribution in [2.45, 2.75) is 39.8 Å². The van der Waals surface area contributed by atoms with Gasteiger partial charge in [-0.15, -0.1) is 0 Å². The number of hydrogen-bond donors (Lipinski definition) is 1. The number of guanidine groups is 1. The molecule has 0 saturated heterocycles. The Morgan fingerprint density at radius 3 is 2.65 bits per heavy atom. The quantitative estimate of drug-likeness (QED) is 0.568. The molecule has 6 heteroatoms. The smallest absolute Gasteiger partial charge is 0.193 e. The fourth-order valence-electron chi connectivity index (χ4n) is 3.07. The standard InChI is InChI=1S/C20H33N3O3/c1-6-24-17(15(2)3)9-10-22-20(21-4)23(5)14-16-7-8-18-19(13-16)26-12-11-25-18/h7-8,13,15,17H,6,9-12,14H2,1-5H3,(H,21,22). The van der Waals surface area contributed by atoms with Crippen LogP contribution in [0.4, 0.5) is 0 Å². The largest absolute Gasteiger partial charge is 0.486 e. The zero-order valence-electron chi connectivity index (χ0n) is 16.7. The van der Waals surface area contributed by atoms with Crippen molar-refractivity contribution in [1.82, 2.24) is 10.2 Å². The van der Waals surface area contributed by atoms with Crippen molar-refractivity contribution in [1.29, 1.82) is 0 Å². The second-order valence-corrected chi connectivity index (χ2v) is 6.83. The van der Waals surface area contributed by atoms with Gasteiger partial charge < -0.3 is 24.4 Å². The van der Waals surface area contributed by atoms with Crippen LogP contribution >= 0.6 is 0 Å². The van der Waals surface area contributed by atoms with Crippen molar-refractivity contribution in [3.63, 3.8) is 0 Å². The first-order chi connectivity index (χ1) is 12.5. The Labute approximate surface area is 157 Å². The van der Waals surface area contributed by atoms with Crippen LogP contribution in [-0.4, -0.2) is 57.4 Å². The molecule has 0 bridgehead atoms. The Bertz CT molecular complexity index is 590. The van der Waals surface area contributed by atoms with Crippen LogP contribution in [0.1, 0.15) is 32.8 Å². The number of benzene rings is 1. The molecule has 1 heterocycles. The molecule has 2 rings (SSSR count). The summed E-state index contributed by atoms with van der Waals surface area (Å²) in [7, 11) is 3.85. The van der Waals surface area contributed by atoms with Gasteiger partial charge in [-0.05, 0) is 37.0 Å². The molecule has 0 aromatic heterocycles. The van der Waals surface area contributed by atoms with Crippen molar-refractivity contribution in [2.75, 3.05) is 40.5 Å². The molecule has 1 unspecified atom stereocenters. The minimum absolute atomic E-state index is 0.272. The highest BCUT2D eigenvalue weighted by atomic mass is 16.6. The normalized spacial score (nSPS) is 15.1. The van der Waals surface area contributed by atoms with Crippen molar-refractivity contribution in [3.8, 4) is 11.5 Å². The van der Waals surface area contributed by atoms with Gasteiger partial charge in [0.1, 0.15) is 13.2 Å². The second-order valence-electron chi connectivity index (χ2n) is 6.83. The van der Waals surface area contributed by atoms with E-state index in [4.69, 9.17) is 14.2 Å². The number of ether oxygens (including phenoxy) is 3. The van der Waals surface area contributed by atoms with E-state index in [1.807, 2.05) is 33.2 Å². The summed E-state index contributed by atoms with van der Waals surface area (Å²) in [6.07, 6.45) is 1.23. The molecule has 0 amide bonds. The molecule has 0 spiro atoms. The predicted octanol–water partition coefficient (Wildman–Crippen LogP) is 2.92. The number of hydrogen-bond acceptors (Lipinski definition) is 4. The minimum Gasteiger partial charge on any atom is -0.486 e. The van der Waals surface area contributed by atoms with Crippen molar-refractivity contribution in [3.05, 3.63) is 23.8 Å². The average molecular weight is 364 g/mol. The summed E-state index contributed by atoms with van der Waals surface area (Å²) in [5, 5.41) is 3.44. The first-order valence-electron chi connectivity index (χ1n) is 9.47. The number of fused-ring (bicyclic) bond motifs is 1. The molecule has 1 aliphatic heterocycles. The third kappa shape index (κ3) is 5.80. The van der Waals surface area contributed by atoms with Gasteiger partial charge in [0.05, 0.1) is 6.10 Å². The molecule has 1 aromatic rings. The van der Waals surface area contributed by atoms with Gasteiger partial charge in [0, 0.05) is 33.8 Å². The topological polar surface area (TPSA) is 55.3 Å². The number of rotatable bonds is 8. The number of nitrogens with zero attached hydrogens (tertiary/aromatic N) is 2. The summed E-state index contributed by atoms with van der Waals surface area (Å²) in [5.41, 5.74) is 1.16. The molecule has 1 N–H and O–H groups in total. The lowest BCUT2D eigenvalue weighted by molar-refractivity contribution is 0.0257. The van der Waals surface area contributed by atoms with Crippen molar-refractivity contribution in [2.24, 2.45) is 10.9 Å². The van der Waals surface area contributed by atoms with E-state index in [1.54, 1.807) is 0 Å². The van der Waals surface area contributed by atoms with Gasteiger partial charge in [0.25, 0.3) is 0 Å². The zero-order valence-corrected chi connectivity index (χ0v) is 16.7. The first kappa shape index (κ1) is 20.4. The highest BCUT2D eigenvalue weighted by molar-refractivity contribution is 5.79. The summed E-state index contributed by atoms with van der Waals surface area (Å²) in [6, 6.07) is 6.09. The Balaban J connectivity index is 1.87. The van der Waals surface area contributed by atoms with Crippen molar-refractivity contribution >= 4 is 5.96 Å². The molecule has 0 fully saturated rings. The third-order valence-corrected chi connectivity index (χ3v) is 4.44. The third-order valence-electron chi connectivity index (χ3n) is 4.44. The predicted molar refractivity (Wildman–Crippen MR) is 105 cm³/mol. The number of nitrogens with one attached hydrogen (secondary N) is 1. The van der Waals surface area contributed by atoms with Gasteiger partial charge in [-0.1, -0.05) is 19.9 Å². The van der Waals surface area contributed by atoms with Crippen molar-refractivity contribution < 1.29 is 14.2 Å². The molecule has 0 radical (unpaired) electrons. The van der Waals surface area contributed by atoms with E-state index in [2.05, 4.69) is 35.1 Å². The van der Waals surface area contributed by atoms with Gasteiger partial charge in [0.2, 0.25) is 0 Å². The van der Waals surface area contributed by atoms with Gasteiger partial charge >= 0.3 is 0 Å². The highest BCUT2D eigenvalue weighted by Gasteiger charge is 2.15. The Morgan fingerprint density at radius 1 is 1.27 bits per heavy atom. The van der Waals surface area contributed by atoms with Crippen LogP contribution in [0, 0.1) is 5.92 Å². The molecule has 146 valence electrons. The maximum atomic E-state index is 5.81. The summed E-state index contributed by atoms with van der Waals surface area (Å²) in [4.78, 5) is 6.50. The fraction of sp³-hybridized carbons (Fsp3) is 0.650. The van der Waals surface area contributed by atoms with Gasteiger partial charge in [-0.25, -0.2) is 0 Å². The molecule has 1 aliphatic rings. The van der Waals surface area contributed by atoms with Crippen LogP contribution in [0.25, 0.3) is 0 Å². The lowest BCUT2D eigenvalue weighted by Gasteiger charge is -2.25. The van der Waals surface area contributed by atoms with Crippen LogP contribution in [0.3, 0.4) is 0 Å². The van der Waals surface area contributed by atoms with Crippen LogP contribution in [0.2, 0.25) is 0 Å². The molecule has 1 aromatic carbocycles. The van der Waals surface area contributed by atoms with E-state index in [-0.39, 0.29) is 6.10 Å². The zero-order chi connectivity index (χ0) is 18.9. The Kier molecular flexibility index (Phi) is 8.04. The van der Waals surface area contributed by atoms with Crippen LogP contribution in [-0.2, 0) is 11.3 Å². The van der Waals surface area contributed by atoms with E-state index in [9.17, 15) is 0 Å². The summed E-state index contributed by atoms with van der Waals surface area (Å²) in [6.45, 7) is 9.99. The Morgan fingerprint density at radius 2 is 2.00 bits per heavy atom. The van der Waals surface area contributed by atoms with Crippen LogP contribution < -0.4 is 14.8 Å². The minimum atomic E-state index is 0.272. The highest BCUT2D eigenvalue weighted by Crippen LogP contribution is 2.31. The van der Waals surface area contributed by atoms with Gasteiger partial charge in [-0.3, -0.25) is 4.99 Å². The van der Waals surface area contributed by atoms with Crippen LogP contribution in [0.15, 0.2) is 23.2 Å². The fourth-order valence-corrected chi connectivity index (χ4v) is 3.07. The van der Waals surface area contributed by atoms with E-state index in [1.165, 1.54) is 0 Å². The maximum Gasteiger partial charge on any atom is 0.193 e. The molecular formula is C20H33N3O3. The van der Waals surface area contributed by atoms with Gasteiger partial charge in [-0.2, -0.15) is 0 Å². The summed E-state index contributed by atoms with van der Waals surface area (Å²) >= 11 is 0. The van der Waals surface area contributed by atoms with E-state index < -0.39 is 0 Å². The van der Waals surface area contributed by atoms with E-state index in [0.29, 0.717) is 19.1 Å². The number of aliphatic imine (C=N–C) groups is 1. The lowest BCUT2D eigenvalue weighted by Crippen LogP contribution is -2.40. The SMILES string of the molecule is CCOC(CCNC(=NC)N(C)Cc1ccc2c(c1)OCCO2)C(C)C. The molecule has 26 heavy (non-hydrogen) atoms. The van der Waals surface area contributed by atoms with E-state index in [0.717, 1.165) is 49.1 Å². The Hall–Kier alpha value is -1.95. The van der Waals surface area contributed by atoms with Crippen LogP contribution in [0.5, 0.6) is 11.5 Å². The average Bonchev–Trinajstić information content (AvgIpc) is 2.64. The van der Waals surface area contributed by atoms with Gasteiger partial charge in [0.15, 0.2) is 17.5 Å². The summed E-state index contributed by atoms with van der Waals surface area (Å²) in [5.74, 6) is 3.02. The maximum absolute atomic E-state index is 5.81. The molecule has 0 saturated carbocycles. The van der Waals surface area contributed by atoms with E-state index >= 15 is 0 Å². The second kappa shape index (κ2) is 10.3. The lowest BCUT2D eigenvalue weighted by atomic mass is 10.0.